The van der Waals surface area contributed by atoms with Crippen molar-refractivity contribution in [2.75, 3.05) is 32.3 Å². The van der Waals surface area contributed by atoms with E-state index < -0.39 is 34.9 Å². The third-order valence-corrected chi connectivity index (χ3v) is 12.0. The molecule has 1 spiro atoms. The monoisotopic (exact) mass is 761 g/mol. The minimum Gasteiger partial charge on any atom is -0.497 e. The Morgan fingerprint density at radius 3 is 2.04 bits per heavy atom. The van der Waals surface area contributed by atoms with Crippen LogP contribution >= 0.6 is 0 Å². The van der Waals surface area contributed by atoms with Gasteiger partial charge in [0.05, 0.1) is 27.2 Å². The predicted molar refractivity (Wildman–Crippen MR) is 206 cm³/mol. The quantitative estimate of drug-likeness (QED) is 0.158. The number of fused-ring (bicyclic) bond motifs is 1. The highest BCUT2D eigenvalue weighted by molar-refractivity contribution is 5.93. The number of carbonyl (C=O) groups is 1. The zero-order valence-corrected chi connectivity index (χ0v) is 32.6. The Morgan fingerprint density at radius 2 is 1.54 bits per heavy atom. The molecule has 4 aliphatic rings. The summed E-state index contributed by atoms with van der Waals surface area (Å²) in [5, 5.41) is 12.3. The first kappa shape index (κ1) is 36.6. The lowest BCUT2D eigenvalue weighted by molar-refractivity contribution is -0.416. The second kappa shape index (κ2) is 12.7. The van der Waals surface area contributed by atoms with Crippen molar-refractivity contribution in [1.29, 1.82) is 0 Å². The van der Waals surface area contributed by atoms with Crippen LogP contribution in [0.15, 0.2) is 90.0 Å². The van der Waals surface area contributed by atoms with Crippen molar-refractivity contribution in [3.05, 3.63) is 112 Å². The second-order valence-electron chi connectivity index (χ2n) is 16.9. The van der Waals surface area contributed by atoms with E-state index in [9.17, 15) is 14.7 Å². The Labute approximate surface area is 324 Å². The molecular formula is C43H47N5O8. The van der Waals surface area contributed by atoms with E-state index in [0.29, 0.717) is 6.54 Å². The van der Waals surface area contributed by atoms with Crippen molar-refractivity contribution in [2.24, 2.45) is 29.1 Å². The van der Waals surface area contributed by atoms with Crippen LogP contribution in [-0.2, 0) is 24.6 Å². The average Bonchev–Trinajstić information content (AvgIpc) is 3.43. The number of imidazole rings is 1. The molecule has 292 valence electrons. The molecule has 3 aromatic carbocycles. The molecular weight excluding hydrogens is 714 g/mol. The summed E-state index contributed by atoms with van der Waals surface area (Å²) >= 11 is 0. The number of hydrogen-bond acceptors (Lipinski definition) is 10. The fraction of sp³-hybridized carbons (Fsp3) is 0.442. The van der Waals surface area contributed by atoms with Crippen LogP contribution in [0, 0.1) is 29.1 Å². The summed E-state index contributed by atoms with van der Waals surface area (Å²) in [7, 11) is 3.27. The van der Waals surface area contributed by atoms with Crippen LogP contribution in [0.1, 0.15) is 57.5 Å². The van der Waals surface area contributed by atoms with Crippen LogP contribution < -0.4 is 19.9 Å². The molecule has 2 saturated heterocycles. The molecule has 2 aliphatic heterocycles. The van der Waals surface area contributed by atoms with Gasteiger partial charge in [0.25, 0.3) is 5.56 Å². The SMILES string of the molecule is COc1ccc(C(OCC2C3C4C5OC2(O)C43OC5n2cnc3c(=O)[nH]c(N(CC(C)(C)C)C(=O)C(C)C)nc32)(c2ccccc2)c2ccc(OC)cc2)cc1. The van der Waals surface area contributed by atoms with Crippen LogP contribution in [0.2, 0.25) is 0 Å². The Morgan fingerprint density at radius 1 is 0.929 bits per heavy atom. The number of aromatic nitrogens is 4. The highest BCUT2D eigenvalue weighted by Gasteiger charge is 3.00. The molecule has 4 heterocycles. The summed E-state index contributed by atoms with van der Waals surface area (Å²) in [6.45, 7) is 10.2. The van der Waals surface area contributed by atoms with Gasteiger partial charge >= 0.3 is 0 Å². The summed E-state index contributed by atoms with van der Waals surface area (Å²) in [6, 6.07) is 25.7. The van der Waals surface area contributed by atoms with E-state index in [4.69, 9.17) is 28.7 Å². The Hall–Kier alpha value is -5.08. The molecule has 56 heavy (non-hydrogen) atoms. The molecule has 7 unspecified atom stereocenters. The van der Waals surface area contributed by atoms with E-state index in [0.717, 1.165) is 28.2 Å². The van der Waals surface area contributed by atoms with Crippen LogP contribution in [-0.4, -0.2) is 75.4 Å². The Kier molecular flexibility index (Phi) is 8.30. The van der Waals surface area contributed by atoms with E-state index in [1.807, 2.05) is 113 Å². The van der Waals surface area contributed by atoms with Gasteiger partial charge in [0, 0.05) is 30.2 Å². The smallest absolute Gasteiger partial charge is 0.280 e. The van der Waals surface area contributed by atoms with Crippen LogP contribution in [0.5, 0.6) is 11.5 Å². The van der Waals surface area contributed by atoms with Crippen LogP contribution in [0.3, 0.4) is 0 Å². The lowest BCUT2D eigenvalue weighted by Crippen LogP contribution is -2.68. The molecule has 2 bridgehead atoms. The van der Waals surface area contributed by atoms with Crippen molar-refractivity contribution < 1.29 is 33.6 Å². The number of hydrogen-bond donors (Lipinski definition) is 2. The number of carbonyl (C=O) groups excluding carboxylic acids is 1. The van der Waals surface area contributed by atoms with Gasteiger partial charge in [-0.05, 0) is 46.4 Å². The van der Waals surface area contributed by atoms with Crippen molar-refractivity contribution in [3.8, 4) is 11.5 Å². The topological polar surface area (TPSA) is 150 Å². The number of nitrogens with zero attached hydrogens (tertiary/aromatic N) is 4. The average molecular weight is 762 g/mol. The fourth-order valence-electron chi connectivity index (χ4n) is 9.53. The standard InChI is InChI=1S/C43H47N5O8/c1-24(2)37(50)47(22-40(3,4)5)39-45-35-33(36(49)46-39)44-23-48(35)38-34-32-31-30(43(51,55-34)42(31,32)56-38)21-54-41(25-11-9-8-10-12-25,26-13-17-28(52-6)18-14-26)27-15-19-29(53-7)20-16-27/h8-20,23-24,30-32,34,38,51H,21-22H2,1-7H3,(H,45,46,49). The van der Waals surface area contributed by atoms with E-state index >= 15 is 0 Å². The van der Waals surface area contributed by atoms with Gasteiger partial charge in [-0.1, -0.05) is 89.2 Å². The lowest BCUT2D eigenvalue weighted by Gasteiger charge is -2.55. The van der Waals surface area contributed by atoms with Gasteiger partial charge in [0.2, 0.25) is 17.6 Å². The van der Waals surface area contributed by atoms with E-state index in [1.54, 1.807) is 18.8 Å². The summed E-state index contributed by atoms with van der Waals surface area (Å²) in [5.74, 6) is -0.923. The summed E-state index contributed by atoms with van der Waals surface area (Å²) in [4.78, 5) is 40.2. The minimum atomic E-state index is -1.58. The summed E-state index contributed by atoms with van der Waals surface area (Å²) in [6.07, 6.45) is 0.339. The molecule has 7 atom stereocenters. The largest absolute Gasteiger partial charge is 0.497 e. The lowest BCUT2D eigenvalue weighted by atomic mass is 9.74. The third kappa shape index (κ3) is 5.13. The number of anilines is 1. The van der Waals surface area contributed by atoms with Gasteiger partial charge in [0.1, 0.15) is 28.8 Å². The maximum Gasteiger partial charge on any atom is 0.280 e. The number of aliphatic hydroxyl groups is 1. The van der Waals surface area contributed by atoms with E-state index in [-0.39, 0.29) is 58.7 Å². The van der Waals surface area contributed by atoms with Crippen molar-refractivity contribution in [2.45, 2.75) is 63.9 Å². The molecule has 4 fully saturated rings. The zero-order chi connectivity index (χ0) is 39.4. The molecule has 2 aliphatic carbocycles. The first-order valence-corrected chi connectivity index (χ1v) is 19.1. The number of aromatic amines is 1. The summed E-state index contributed by atoms with van der Waals surface area (Å²) in [5.41, 5.74) is 0.411. The van der Waals surface area contributed by atoms with Gasteiger partial charge in [-0.25, -0.2) is 4.98 Å². The molecule has 0 radical (unpaired) electrons. The van der Waals surface area contributed by atoms with Gasteiger partial charge < -0.3 is 28.8 Å². The van der Waals surface area contributed by atoms with Crippen molar-refractivity contribution in [1.82, 2.24) is 19.5 Å². The first-order valence-electron chi connectivity index (χ1n) is 19.1. The highest BCUT2D eigenvalue weighted by Crippen LogP contribution is 2.86. The Balaban J connectivity index is 1.02. The van der Waals surface area contributed by atoms with Crippen molar-refractivity contribution >= 4 is 23.0 Å². The van der Waals surface area contributed by atoms with E-state index in [2.05, 4.69) is 9.97 Å². The van der Waals surface area contributed by atoms with Crippen molar-refractivity contribution in [3.63, 3.8) is 0 Å². The molecule has 5 aromatic rings. The maximum atomic E-state index is 13.4. The Bertz CT molecular complexity index is 2310. The molecule has 1 amide bonds. The van der Waals surface area contributed by atoms with Gasteiger partial charge in [0.15, 0.2) is 17.4 Å². The number of benzene rings is 3. The normalized spacial score (nSPS) is 27.3. The zero-order valence-electron chi connectivity index (χ0n) is 32.6. The minimum absolute atomic E-state index is 0.00430. The molecule has 2 aromatic heterocycles. The maximum absolute atomic E-state index is 13.4. The van der Waals surface area contributed by atoms with Gasteiger partial charge in [-0.2, -0.15) is 4.98 Å². The number of nitrogens with one attached hydrogen (secondary N) is 1. The van der Waals surface area contributed by atoms with Gasteiger partial charge in [-0.3, -0.25) is 24.0 Å². The highest BCUT2D eigenvalue weighted by atomic mass is 16.7. The van der Waals surface area contributed by atoms with Crippen LogP contribution in [0.4, 0.5) is 5.95 Å². The third-order valence-electron chi connectivity index (χ3n) is 12.0. The number of rotatable bonds is 12. The number of amides is 1. The molecule has 2 N–H and O–H groups in total. The second-order valence-corrected chi connectivity index (χ2v) is 16.9. The van der Waals surface area contributed by atoms with Crippen LogP contribution in [0.25, 0.3) is 11.2 Å². The molecule has 13 heteroatoms. The number of H-pyrrole nitrogens is 1. The number of ether oxygens (including phenoxy) is 5. The molecule has 9 rings (SSSR count). The fourth-order valence-corrected chi connectivity index (χ4v) is 9.53. The number of methoxy groups -OCH3 is 2. The molecule has 13 nitrogen and oxygen atoms in total. The molecule has 2 saturated carbocycles. The summed E-state index contributed by atoms with van der Waals surface area (Å²) < 4.78 is 33.1. The van der Waals surface area contributed by atoms with E-state index in [1.165, 1.54) is 11.2 Å². The van der Waals surface area contributed by atoms with Gasteiger partial charge in [-0.15, -0.1) is 0 Å². The predicted octanol–water partition coefficient (Wildman–Crippen LogP) is 5.41. The first-order chi connectivity index (χ1) is 26.8.